The highest BCUT2D eigenvalue weighted by Crippen LogP contribution is 2.39. The molecule has 1 spiro atoms. The Hall–Kier alpha value is -3.29. The third-order valence-electron chi connectivity index (χ3n) is 6.55. The highest BCUT2D eigenvalue weighted by Gasteiger charge is 2.54. The molecule has 1 N–H and O–H groups in total. The number of rotatable bonds is 6. The van der Waals surface area contributed by atoms with E-state index in [9.17, 15) is 14.4 Å². The second-order valence-electron chi connectivity index (χ2n) is 8.59. The first-order valence-corrected chi connectivity index (χ1v) is 11.2. The first kappa shape index (κ1) is 21.9. The molecule has 2 aliphatic rings. The van der Waals surface area contributed by atoms with E-state index in [1.807, 2.05) is 44.2 Å². The van der Waals surface area contributed by atoms with E-state index in [1.165, 1.54) is 6.26 Å². The summed E-state index contributed by atoms with van der Waals surface area (Å²) >= 11 is 0. The van der Waals surface area contributed by atoms with Crippen LogP contribution in [0.5, 0.6) is 0 Å². The maximum absolute atomic E-state index is 13.6. The van der Waals surface area contributed by atoms with Crippen molar-refractivity contribution in [2.24, 2.45) is 0 Å². The minimum absolute atomic E-state index is 0.0310. The molecule has 32 heavy (non-hydrogen) atoms. The topological polar surface area (TPSA) is 86.1 Å². The number of benzene rings is 1. The summed E-state index contributed by atoms with van der Waals surface area (Å²) in [5, 5.41) is 2.95. The van der Waals surface area contributed by atoms with Gasteiger partial charge >= 0.3 is 0 Å². The van der Waals surface area contributed by atoms with E-state index < -0.39 is 5.54 Å². The Morgan fingerprint density at radius 3 is 2.47 bits per heavy atom. The molecule has 0 aliphatic carbocycles. The van der Waals surface area contributed by atoms with E-state index in [0.717, 1.165) is 12.1 Å². The second-order valence-corrected chi connectivity index (χ2v) is 8.59. The van der Waals surface area contributed by atoms with Gasteiger partial charge in [0.05, 0.1) is 12.9 Å². The second kappa shape index (κ2) is 9.06. The molecule has 170 valence electrons. The molecular weight excluding hydrogens is 408 g/mol. The number of anilines is 1. The number of amides is 3. The molecule has 1 unspecified atom stereocenters. The van der Waals surface area contributed by atoms with Crippen LogP contribution in [0, 0.1) is 0 Å². The lowest BCUT2D eigenvalue weighted by molar-refractivity contribution is -0.137. The molecular formula is C24H30N4O4. The summed E-state index contributed by atoms with van der Waals surface area (Å²) < 4.78 is 5.26. The summed E-state index contributed by atoms with van der Waals surface area (Å²) in [5.41, 5.74) is 0.175. The first-order chi connectivity index (χ1) is 15.4. The van der Waals surface area contributed by atoms with Crippen molar-refractivity contribution in [3.05, 3.63) is 54.5 Å². The van der Waals surface area contributed by atoms with Crippen LogP contribution < -0.4 is 10.2 Å². The molecule has 2 aromatic rings. The number of hydrogen-bond acceptors (Lipinski definition) is 5. The standard InChI is InChI=1S/C24H30N4O4/c1-3-18(2)25-21(29)16-27-17-28(19-8-5-4-6-9-19)24(23(27)31)11-13-26(14-12-24)22(30)20-10-7-15-32-20/h4-10,15,18H,3,11-14,16-17H2,1-2H3,(H,25,29). The van der Waals surface area contributed by atoms with Crippen molar-refractivity contribution in [2.45, 2.75) is 44.7 Å². The number of nitrogens with zero attached hydrogens (tertiary/aromatic N) is 3. The van der Waals surface area contributed by atoms with E-state index in [2.05, 4.69) is 10.2 Å². The van der Waals surface area contributed by atoms with Crippen molar-refractivity contribution < 1.29 is 18.8 Å². The Morgan fingerprint density at radius 2 is 1.84 bits per heavy atom. The molecule has 8 nitrogen and oxygen atoms in total. The molecule has 0 radical (unpaired) electrons. The van der Waals surface area contributed by atoms with Gasteiger partial charge in [0, 0.05) is 24.8 Å². The number of nitrogens with one attached hydrogen (secondary N) is 1. The van der Waals surface area contributed by atoms with Gasteiger partial charge in [-0.05, 0) is 50.5 Å². The summed E-state index contributed by atoms with van der Waals surface area (Å²) in [5.74, 6) is -0.0535. The number of carbonyl (C=O) groups excluding carboxylic acids is 3. The fourth-order valence-electron chi connectivity index (χ4n) is 4.55. The summed E-state index contributed by atoms with van der Waals surface area (Å²) in [6.45, 7) is 5.23. The molecule has 1 aromatic carbocycles. The number of furan rings is 1. The van der Waals surface area contributed by atoms with Crippen LogP contribution in [0.25, 0.3) is 0 Å². The van der Waals surface area contributed by atoms with Gasteiger partial charge in [-0.3, -0.25) is 14.4 Å². The van der Waals surface area contributed by atoms with Gasteiger partial charge in [0.1, 0.15) is 12.1 Å². The van der Waals surface area contributed by atoms with Gasteiger partial charge in [-0.2, -0.15) is 0 Å². The molecule has 8 heteroatoms. The lowest BCUT2D eigenvalue weighted by Gasteiger charge is -2.43. The van der Waals surface area contributed by atoms with Gasteiger partial charge < -0.3 is 24.4 Å². The highest BCUT2D eigenvalue weighted by molar-refractivity contribution is 5.97. The van der Waals surface area contributed by atoms with E-state index >= 15 is 0 Å². The van der Waals surface area contributed by atoms with Crippen molar-refractivity contribution in [3.8, 4) is 0 Å². The van der Waals surface area contributed by atoms with Crippen LogP contribution in [0.15, 0.2) is 53.1 Å². The predicted octanol–water partition coefficient (Wildman–Crippen LogP) is 2.48. The molecule has 1 aromatic heterocycles. The molecule has 0 bridgehead atoms. The fourth-order valence-corrected chi connectivity index (χ4v) is 4.55. The average molecular weight is 439 g/mol. The smallest absolute Gasteiger partial charge is 0.289 e. The normalized spacial score (nSPS) is 18.8. The van der Waals surface area contributed by atoms with Crippen LogP contribution in [0.1, 0.15) is 43.7 Å². The number of carbonyl (C=O) groups is 3. The van der Waals surface area contributed by atoms with Gasteiger partial charge in [-0.1, -0.05) is 25.1 Å². The van der Waals surface area contributed by atoms with Crippen LogP contribution in [0.3, 0.4) is 0 Å². The van der Waals surface area contributed by atoms with Crippen molar-refractivity contribution in [1.82, 2.24) is 15.1 Å². The Bertz CT molecular complexity index is 952. The molecule has 2 fully saturated rings. The Balaban J connectivity index is 1.54. The summed E-state index contributed by atoms with van der Waals surface area (Å²) in [7, 11) is 0. The summed E-state index contributed by atoms with van der Waals surface area (Å²) in [6.07, 6.45) is 3.31. The van der Waals surface area contributed by atoms with Crippen LogP contribution in [0.4, 0.5) is 5.69 Å². The fraction of sp³-hybridized carbons (Fsp3) is 0.458. The SMILES string of the molecule is CCC(C)NC(=O)CN1CN(c2ccccc2)C2(CCN(C(=O)c3ccco3)CC2)C1=O. The lowest BCUT2D eigenvalue weighted by Crippen LogP contribution is -2.57. The number of likely N-dealkylation sites (tertiary alicyclic amines) is 1. The maximum Gasteiger partial charge on any atom is 0.289 e. The zero-order valence-corrected chi connectivity index (χ0v) is 18.6. The Labute approximate surface area is 188 Å². The zero-order chi connectivity index (χ0) is 22.7. The third kappa shape index (κ3) is 4.09. The number of piperidine rings is 1. The van der Waals surface area contributed by atoms with E-state index in [0.29, 0.717) is 38.4 Å². The summed E-state index contributed by atoms with van der Waals surface area (Å²) in [6, 6.07) is 13.2. The summed E-state index contributed by atoms with van der Waals surface area (Å²) in [4.78, 5) is 44.3. The van der Waals surface area contributed by atoms with Crippen LogP contribution >= 0.6 is 0 Å². The average Bonchev–Trinajstić information content (AvgIpc) is 3.43. The van der Waals surface area contributed by atoms with Crippen molar-refractivity contribution in [1.29, 1.82) is 0 Å². The molecule has 2 saturated heterocycles. The van der Waals surface area contributed by atoms with E-state index in [1.54, 1.807) is 21.9 Å². The van der Waals surface area contributed by atoms with Crippen molar-refractivity contribution in [3.63, 3.8) is 0 Å². The van der Waals surface area contributed by atoms with E-state index in [-0.39, 0.29) is 30.3 Å². The monoisotopic (exact) mass is 438 g/mol. The van der Waals surface area contributed by atoms with Gasteiger partial charge in [0.15, 0.2) is 5.76 Å². The zero-order valence-electron chi connectivity index (χ0n) is 18.6. The molecule has 4 rings (SSSR count). The van der Waals surface area contributed by atoms with Gasteiger partial charge in [-0.15, -0.1) is 0 Å². The first-order valence-electron chi connectivity index (χ1n) is 11.2. The largest absolute Gasteiger partial charge is 0.459 e. The van der Waals surface area contributed by atoms with E-state index in [4.69, 9.17) is 4.42 Å². The lowest BCUT2D eigenvalue weighted by atomic mass is 9.85. The Morgan fingerprint density at radius 1 is 1.12 bits per heavy atom. The molecule has 0 saturated carbocycles. The molecule has 2 aliphatic heterocycles. The minimum Gasteiger partial charge on any atom is -0.459 e. The van der Waals surface area contributed by atoms with Crippen molar-refractivity contribution >= 4 is 23.4 Å². The highest BCUT2D eigenvalue weighted by atomic mass is 16.3. The van der Waals surface area contributed by atoms with Crippen LogP contribution in [0.2, 0.25) is 0 Å². The van der Waals surface area contributed by atoms with Gasteiger partial charge in [0.25, 0.3) is 11.8 Å². The van der Waals surface area contributed by atoms with Gasteiger partial charge in [0.2, 0.25) is 5.91 Å². The minimum atomic E-state index is -0.766. The van der Waals surface area contributed by atoms with Crippen molar-refractivity contribution in [2.75, 3.05) is 31.2 Å². The maximum atomic E-state index is 13.6. The van der Waals surface area contributed by atoms with Crippen LogP contribution in [-0.2, 0) is 9.59 Å². The van der Waals surface area contributed by atoms with Gasteiger partial charge in [-0.25, -0.2) is 0 Å². The predicted molar refractivity (Wildman–Crippen MR) is 120 cm³/mol. The quantitative estimate of drug-likeness (QED) is 0.749. The molecule has 3 heterocycles. The number of para-hydroxylation sites is 1. The molecule has 1 atom stereocenters. The third-order valence-corrected chi connectivity index (χ3v) is 6.55. The molecule has 3 amide bonds. The number of hydrogen-bond donors (Lipinski definition) is 1. The van der Waals surface area contributed by atoms with Crippen LogP contribution in [-0.4, -0.2) is 65.4 Å². The Kier molecular flexibility index (Phi) is 6.21.